The number of hydrogen-bond acceptors (Lipinski definition) is 2. The Labute approximate surface area is 88.0 Å². The number of rotatable bonds is 8. The summed E-state index contributed by atoms with van der Waals surface area (Å²) in [6.07, 6.45) is 6.45. The summed E-state index contributed by atoms with van der Waals surface area (Å²) in [5, 5.41) is 0. The third kappa shape index (κ3) is 6.14. The lowest BCUT2D eigenvalue weighted by molar-refractivity contribution is -0.123. The fourth-order valence-corrected chi connectivity index (χ4v) is 1.71. The summed E-state index contributed by atoms with van der Waals surface area (Å²) in [6.45, 7) is 5.86. The molecule has 2 heteroatoms. The normalized spacial score (nSPS) is 15.1. The van der Waals surface area contributed by atoms with Crippen molar-refractivity contribution >= 4 is 5.78 Å². The minimum absolute atomic E-state index is 0.213. The van der Waals surface area contributed by atoms with E-state index < -0.39 is 0 Å². The van der Waals surface area contributed by atoms with Gasteiger partial charge in [-0.3, -0.25) is 4.79 Å². The predicted octanol–water partition coefficient (Wildman–Crippen LogP) is 3.34. The minimum atomic E-state index is -0.237. The van der Waals surface area contributed by atoms with Gasteiger partial charge in [0.1, 0.15) is 5.78 Å². The van der Waals surface area contributed by atoms with Gasteiger partial charge in [0.15, 0.2) is 0 Å². The Morgan fingerprint density at radius 1 is 1.29 bits per heavy atom. The maximum absolute atomic E-state index is 11.0. The zero-order valence-electron chi connectivity index (χ0n) is 10.1. The van der Waals surface area contributed by atoms with Crippen molar-refractivity contribution < 1.29 is 9.53 Å². The van der Waals surface area contributed by atoms with Crippen molar-refractivity contribution in [2.24, 2.45) is 0 Å². The molecule has 0 aliphatic heterocycles. The van der Waals surface area contributed by atoms with Crippen molar-refractivity contribution in [3.63, 3.8) is 0 Å². The molecule has 0 saturated carbocycles. The lowest BCUT2D eigenvalue weighted by Crippen LogP contribution is -2.29. The molecule has 0 aliphatic rings. The van der Waals surface area contributed by atoms with Crippen LogP contribution in [0.1, 0.15) is 59.3 Å². The Bertz CT molecular complexity index is 166. The van der Waals surface area contributed by atoms with Crippen LogP contribution in [-0.4, -0.2) is 18.5 Å². The second-order valence-corrected chi connectivity index (χ2v) is 4.34. The highest BCUT2D eigenvalue weighted by atomic mass is 16.5. The molecule has 0 amide bonds. The molecule has 14 heavy (non-hydrogen) atoms. The van der Waals surface area contributed by atoms with E-state index in [0.717, 1.165) is 12.8 Å². The number of unbranched alkanes of at least 4 members (excludes halogenated alkanes) is 3. The van der Waals surface area contributed by atoms with Gasteiger partial charge in [-0.2, -0.15) is 0 Å². The van der Waals surface area contributed by atoms with E-state index in [4.69, 9.17) is 4.74 Å². The van der Waals surface area contributed by atoms with E-state index >= 15 is 0 Å². The van der Waals surface area contributed by atoms with Crippen LogP contribution >= 0.6 is 0 Å². The molecule has 0 aromatic carbocycles. The SMILES string of the molecule is CCCCCCC(C)(CC(C)=O)OC. The molecular formula is C12H24O2. The van der Waals surface area contributed by atoms with Crippen LogP contribution < -0.4 is 0 Å². The molecule has 0 fully saturated rings. The molecular weight excluding hydrogens is 176 g/mol. The van der Waals surface area contributed by atoms with Crippen LogP contribution in [0.15, 0.2) is 0 Å². The van der Waals surface area contributed by atoms with Crippen molar-refractivity contribution in [1.82, 2.24) is 0 Å². The molecule has 0 aromatic rings. The molecule has 2 nitrogen and oxygen atoms in total. The second-order valence-electron chi connectivity index (χ2n) is 4.34. The third-order valence-corrected chi connectivity index (χ3v) is 2.67. The molecule has 0 aliphatic carbocycles. The lowest BCUT2D eigenvalue weighted by atomic mass is 9.92. The number of methoxy groups -OCH3 is 1. The minimum Gasteiger partial charge on any atom is -0.378 e. The van der Waals surface area contributed by atoms with Crippen molar-refractivity contribution in [3.05, 3.63) is 0 Å². The van der Waals surface area contributed by atoms with Gasteiger partial charge < -0.3 is 4.74 Å². The van der Waals surface area contributed by atoms with Crippen molar-refractivity contribution in [1.29, 1.82) is 0 Å². The summed E-state index contributed by atoms with van der Waals surface area (Å²) in [4.78, 5) is 11.0. The molecule has 0 bridgehead atoms. The summed E-state index contributed by atoms with van der Waals surface area (Å²) in [5.41, 5.74) is -0.237. The van der Waals surface area contributed by atoms with Gasteiger partial charge in [0.05, 0.1) is 5.60 Å². The molecule has 1 unspecified atom stereocenters. The molecule has 0 radical (unpaired) electrons. The topological polar surface area (TPSA) is 26.3 Å². The molecule has 0 aromatic heterocycles. The van der Waals surface area contributed by atoms with Gasteiger partial charge in [0.2, 0.25) is 0 Å². The first kappa shape index (κ1) is 13.6. The Kier molecular flexibility index (Phi) is 6.81. The summed E-state index contributed by atoms with van der Waals surface area (Å²) in [5.74, 6) is 0.213. The first-order valence-corrected chi connectivity index (χ1v) is 5.58. The maximum Gasteiger partial charge on any atom is 0.132 e. The van der Waals surface area contributed by atoms with Crippen LogP contribution in [0.5, 0.6) is 0 Å². The Hall–Kier alpha value is -0.370. The maximum atomic E-state index is 11.0. The molecule has 0 rings (SSSR count). The van der Waals surface area contributed by atoms with Crippen LogP contribution in [0, 0.1) is 0 Å². The smallest absolute Gasteiger partial charge is 0.132 e. The quantitative estimate of drug-likeness (QED) is 0.562. The predicted molar refractivity (Wildman–Crippen MR) is 59.5 cm³/mol. The van der Waals surface area contributed by atoms with E-state index in [1.54, 1.807) is 14.0 Å². The van der Waals surface area contributed by atoms with Crippen LogP contribution in [-0.2, 0) is 9.53 Å². The van der Waals surface area contributed by atoms with Crippen molar-refractivity contribution in [2.45, 2.75) is 64.9 Å². The monoisotopic (exact) mass is 200 g/mol. The Morgan fingerprint density at radius 2 is 1.93 bits per heavy atom. The average Bonchev–Trinajstić information content (AvgIpc) is 2.11. The second kappa shape index (κ2) is 6.99. The number of ketones is 1. The number of Topliss-reactive ketones (excluding diaryl/α,β-unsaturated/α-hetero) is 1. The number of carbonyl (C=O) groups excluding carboxylic acids is 1. The van der Waals surface area contributed by atoms with E-state index in [0.29, 0.717) is 6.42 Å². The average molecular weight is 200 g/mol. The highest BCUT2D eigenvalue weighted by molar-refractivity contribution is 5.76. The first-order chi connectivity index (χ1) is 6.54. The molecule has 0 saturated heterocycles. The molecule has 1 atom stereocenters. The van der Waals surface area contributed by atoms with E-state index in [2.05, 4.69) is 6.92 Å². The fourth-order valence-electron chi connectivity index (χ4n) is 1.71. The summed E-state index contributed by atoms with van der Waals surface area (Å²) in [6, 6.07) is 0. The summed E-state index contributed by atoms with van der Waals surface area (Å²) < 4.78 is 5.41. The van der Waals surface area contributed by atoms with Gasteiger partial charge in [-0.05, 0) is 20.3 Å². The zero-order valence-corrected chi connectivity index (χ0v) is 10.1. The highest BCUT2D eigenvalue weighted by Gasteiger charge is 2.24. The molecule has 0 spiro atoms. The number of carbonyl (C=O) groups is 1. The van der Waals surface area contributed by atoms with Gasteiger partial charge in [0.25, 0.3) is 0 Å². The number of hydrogen-bond donors (Lipinski definition) is 0. The van der Waals surface area contributed by atoms with E-state index in [-0.39, 0.29) is 11.4 Å². The molecule has 84 valence electrons. The summed E-state index contributed by atoms with van der Waals surface area (Å²) in [7, 11) is 1.70. The standard InChI is InChI=1S/C12H24O2/c1-5-6-7-8-9-12(3,14-4)10-11(2)13/h5-10H2,1-4H3. The van der Waals surface area contributed by atoms with Gasteiger partial charge >= 0.3 is 0 Å². The van der Waals surface area contributed by atoms with E-state index in [1.165, 1.54) is 19.3 Å². The third-order valence-electron chi connectivity index (χ3n) is 2.67. The zero-order chi connectivity index (χ0) is 11.0. The van der Waals surface area contributed by atoms with E-state index in [1.807, 2.05) is 6.92 Å². The number of ether oxygens (including phenoxy) is 1. The van der Waals surface area contributed by atoms with E-state index in [9.17, 15) is 4.79 Å². The van der Waals surface area contributed by atoms with Gasteiger partial charge in [0, 0.05) is 13.5 Å². The van der Waals surface area contributed by atoms with Gasteiger partial charge in [-0.1, -0.05) is 32.6 Å². The van der Waals surface area contributed by atoms with Gasteiger partial charge in [-0.25, -0.2) is 0 Å². The van der Waals surface area contributed by atoms with Crippen LogP contribution in [0.2, 0.25) is 0 Å². The molecule has 0 N–H and O–H groups in total. The van der Waals surface area contributed by atoms with Crippen LogP contribution in [0.3, 0.4) is 0 Å². The fraction of sp³-hybridized carbons (Fsp3) is 0.917. The molecule has 0 heterocycles. The largest absolute Gasteiger partial charge is 0.378 e. The van der Waals surface area contributed by atoms with Crippen molar-refractivity contribution in [2.75, 3.05) is 7.11 Å². The Balaban J connectivity index is 3.80. The van der Waals surface area contributed by atoms with Crippen LogP contribution in [0.4, 0.5) is 0 Å². The first-order valence-electron chi connectivity index (χ1n) is 5.58. The highest BCUT2D eigenvalue weighted by Crippen LogP contribution is 2.23. The summed E-state index contributed by atoms with van der Waals surface area (Å²) >= 11 is 0. The lowest BCUT2D eigenvalue weighted by Gasteiger charge is -2.27. The Morgan fingerprint density at radius 3 is 2.36 bits per heavy atom. The van der Waals surface area contributed by atoms with Crippen LogP contribution in [0.25, 0.3) is 0 Å². The van der Waals surface area contributed by atoms with Crippen molar-refractivity contribution in [3.8, 4) is 0 Å². The van der Waals surface area contributed by atoms with Gasteiger partial charge in [-0.15, -0.1) is 0 Å².